The van der Waals surface area contributed by atoms with Crippen LogP contribution in [0.5, 0.6) is 0 Å². The zero-order chi connectivity index (χ0) is 11.5. The van der Waals surface area contributed by atoms with Gasteiger partial charge in [0, 0.05) is 10.8 Å². The van der Waals surface area contributed by atoms with Gasteiger partial charge in [0.25, 0.3) is 0 Å². The summed E-state index contributed by atoms with van der Waals surface area (Å²) >= 11 is 6.73. The summed E-state index contributed by atoms with van der Waals surface area (Å²) in [6.07, 6.45) is 0.805. The Labute approximate surface area is 98.7 Å². The van der Waals surface area contributed by atoms with E-state index in [4.69, 9.17) is 11.6 Å². The minimum atomic E-state index is -3.33. The third-order valence-corrected chi connectivity index (χ3v) is 4.53. The standard InChI is InChI=1S/C8H13ClN2O2S2/c1-3-7-6(2)14-8(10-7)11-15(12,13)5-4-9/h3-5H2,1-2H3,(H,10,11). The van der Waals surface area contributed by atoms with Crippen LogP contribution in [0.1, 0.15) is 17.5 Å². The Morgan fingerprint density at radius 2 is 2.20 bits per heavy atom. The second-order valence-corrected chi connectivity index (χ2v) is 6.41. The van der Waals surface area contributed by atoms with Crippen LogP contribution >= 0.6 is 22.9 Å². The number of halogens is 1. The van der Waals surface area contributed by atoms with Crippen molar-refractivity contribution in [1.82, 2.24) is 4.98 Å². The highest BCUT2D eigenvalue weighted by molar-refractivity contribution is 7.92. The lowest BCUT2D eigenvalue weighted by Gasteiger charge is -2.01. The van der Waals surface area contributed by atoms with E-state index in [9.17, 15) is 8.42 Å². The van der Waals surface area contributed by atoms with Crippen molar-refractivity contribution in [1.29, 1.82) is 0 Å². The molecule has 0 bridgehead atoms. The summed E-state index contributed by atoms with van der Waals surface area (Å²) in [7, 11) is -3.33. The molecule has 0 atom stereocenters. The van der Waals surface area contributed by atoms with Crippen molar-refractivity contribution in [3.05, 3.63) is 10.6 Å². The van der Waals surface area contributed by atoms with E-state index in [-0.39, 0.29) is 11.6 Å². The van der Waals surface area contributed by atoms with Crippen LogP contribution in [0.4, 0.5) is 5.13 Å². The maximum Gasteiger partial charge on any atom is 0.235 e. The van der Waals surface area contributed by atoms with Crippen LogP contribution in [0, 0.1) is 6.92 Å². The molecule has 0 amide bonds. The van der Waals surface area contributed by atoms with Gasteiger partial charge in [-0.1, -0.05) is 6.92 Å². The van der Waals surface area contributed by atoms with Gasteiger partial charge in [0.2, 0.25) is 10.0 Å². The van der Waals surface area contributed by atoms with Crippen LogP contribution in [0.3, 0.4) is 0 Å². The molecule has 0 saturated heterocycles. The van der Waals surface area contributed by atoms with Gasteiger partial charge in [-0.25, -0.2) is 13.4 Å². The summed E-state index contributed by atoms with van der Waals surface area (Å²) in [6.45, 7) is 3.91. The molecule has 1 aromatic rings. The number of hydrogen-bond donors (Lipinski definition) is 1. The van der Waals surface area contributed by atoms with Gasteiger partial charge in [0.15, 0.2) is 5.13 Å². The van der Waals surface area contributed by atoms with Crippen molar-refractivity contribution in [3.63, 3.8) is 0 Å². The third-order valence-electron chi connectivity index (χ3n) is 1.82. The fourth-order valence-electron chi connectivity index (χ4n) is 1.09. The molecule has 0 aliphatic carbocycles. The van der Waals surface area contributed by atoms with E-state index in [1.165, 1.54) is 11.3 Å². The minimum absolute atomic E-state index is 0.0837. The van der Waals surface area contributed by atoms with Gasteiger partial charge in [0.1, 0.15) is 0 Å². The topological polar surface area (TPSA) is 59.1 Å². The van der Waals surface area contributed by atoms with Gasteiger partial charge < -0.3 is 0 Å². The molecule has 7 heteroatoms. The third kappa shape index (κ3) is 3.62. The van der Waals surface area contributed by atoms with Crippen molar-refractivity contribution in [2.24, 2.45) is 0 Å². The predicted octanol–water partition coefficient (Wildman–Crippen LogP) is 1.99. The summed E-state index contributed by atoms with van der Waals surface area (Å²) in [5, 5.41) is 0.425. The average Bonchev–Trinajstić information content (AvgIpc) is 2.44. The van der Waals surface area contributed by atoms with E-state index in [2.05, 4.69) is 9.71 Å². The van der Waals surface area contributed by atoms with Crippen molar-refractivity contribution in [3.8, 4) is 0 Å². The second-order valence-electron chi connectivity index (χ2n) is 2.99. The SMILES string of the molecule is CCc1nc(NS(=O)(=O)CCCl)sc1C. The maximum atomic E-state index is 11.4. The van der Waals surface area contributed by atoms with E-state index in [0.29, 0.717) is 5.13 Å². The zero-order valence-corrected chi connectivity index (χ0v) is 11.0. The number of alkyl halides is 1. The Bertz CT molecular complexity index is 428. The molecule has 0 saturated carbocycles. The fraction of sp³-hybridized carbons (Fsp3) is 0.625. The van der Waals surface area contributed by atoms with Crippen LogP contribution < -0.4 is 4.72 Å². The van der Waals surface area contributed by atoms with Gasteiger partial charge in [-0.15, -0.1) is 22.9 Å². The van der Waals surface area contributed by atoms with E-state index >= 15 is 0 Å². The molecule has 0 aliphatic heterocycles. The molecular formula is C8H13ClN2O2S2. The number of anilines is 1. The number of aromatic nitrogens is 1. The van der Waals surface area contributed by atoms with Crippen LogP contribution in [-0.2, 0) is 16.4 Å². The first-order valence-corrected chi connectivity index (χ1v) is 7.51. The quantitative estimate of drug-likeness (QED) is 0.831. The molecule has 1 rings (SSSR count). The van der Waals surface area contributed by atoms with Gasteiger partial charge in [-0.2, -0.15) is 0 Å². The highest BCUT2D eigenvalue weighted by Gasteiger charge is 2.13. The molecule has 4 nitrogen and oxygen atoms in total. The Morgan fingerprint density at radius 1 is 1.53 bits per heavy atom. The molecule has 1 heterocycles. The molecular weight excluding hydrogens is 256 g/mol. The highest BCUT2D eigenvalue weighted by atomic mass is 35.5. The Hall–Kier alpha value is -0.330. The maximum absolute atomic E-state index is 11.4. The monoisotopic (exact) mass is 268 g/mol. The van der Waals surface area contributed by atoms with Crippen LogP contribution in [0.15, 0.2) is 0 Å². The Morgan fingerprint density at radius 3 is 2.67 bits per heavy atom. The number of hydrogen-bond acceptors (Lipinski definition) is 4. The number of aryl methyl sites for hydroxylation is 2. The fourth-order valence-corrected chi connectivity index (χ4v) is 3.61. The summed E-state index contributed by atoms with van der Waals surface area (Å²) in [5.74, 6) is -0.00499. The minimum Gasteiger partial charge on any atom is -0.259 e. The van der Waals surface area contributed by atoms with E-state index in [1.807, 2.05) is 13.8 Å². The first kappa shape index (κ1) is 12.7. The number of thiazole rings is 1. The smallest absolute Gasteiger partial charge is 0.235 e. The molecule has 0 aliphatic rings. The largest absolute Gasteiger partial charge is 0.259 e. The molecule has 0 radical (unpaired) electrons. The van der Waals surface area contributed by atoms with Crippen LogP contribution in [-0.4, -0.2) is 25.0 Å². The Kier molecular flexibility index (Phi) is 4.36. The molecule has 1 N–H and O–H groups in total. The van der Waals surface area contributed by atoms with Gasteiger partial charge in [-0.05, 0) is 13.3 Å². The summed E-state index contributed by atoms with van der Waals surface area (Å²) in [6, 6.07) is 0. The van der Waals surface area contributed by atoms with E-state index in [1.54, 1.807) is 0 Å². The number of nitrogens with zero attached hydrogens (tertiary/aromatic N) is 1. The molecule has 86 valence electrons. The van der Waals surface area contributed by atoms with Crippen molar-refractivity contribution in [2.75, 3.05) is 16.4 Å². The molecule has 0 aromatic carbocycles. The lowest BCUT2D eigenvalue weighted by Crippen LogP contribution is -2.17. The highest BCUT2D eigenvalue weighted by Crippen LogP contribution is 2.23. The molecule has 0 spiro atoms. The van der Waals surface area contributed by atoms with Crippen molar-refractivity contribution in [2.45, 2.75) is 20.3 Å². The lowest BCUT2D eigenvalue weighted by atomic mass is 10.3. The van der Waals surface area contributed by atoms with Crippen LogP contribution in [0.2, 0.25) is 0 Å². The zero-order valence-electron chi connectivity index (χ0n) is 8.58. The average molecular weight is 269 g/mol. The van der Waals surface area contributed by atoms with E-state index < -0.39 is 10.0 Å². The molecule has 0 fully saturated rings. The number of nitrogens with one attached hydrogen (secondary N) is 1. The Balaban J connectivity index is 2.81. The van der Waals surface area contributed by atoms with Crippen molar-refractivity contribution >= 4 is 38.1 Å². The number of rotatable bonds is 5. The molecule has 0 unspecified atom stereocenters. The van der Waals surface area contributed by atoms with Crippen LogP contribution in [0.25, 0.3) is 0 Å². The number of sulfonamides is 1. The molecule has 1 aromatic heterocycles. The normalized spacial score (nSPS) is 11.7. The van der Waals surface area contributed by atoms with Gasteiger partial charge in [0.05, 0.1) is 11.4 Å². The lowest BCUT2D eigenvalue weighted by molar-refractivity contribution is 0.602. The van der Waals surface area contributed by atoms with Gasteiger partial charge in [-0.3, -0.25) is 4.72 Å². The van der Waals surface area contributed by atoms with E-state index in [0.717, 1.165) is 17.0 Å². The van der Waals surface area contributed by atoms with Gasteiger partial charge >= 0.3 is 0 Å². The summed E-state index contributed by atoms with van der Waals surface area (Å²) in [5.41, 5.74) is 0.934. The predicted molar refractivity (Wildman–Crippen MR) is 64.4 cm³/mol. The summed E-state index contributed by atoms with van der Waals surface area (Å²) in [4.78, 5) is 5.22. The van der Waals surface area contributed by atoms with Crippen molar-refractivity contribution < 1.29 is 8.42 Å². The second kappa shape index (κ2) is 5.14. The first-order valence-electron chi connectivity index (χ1n) is 4.51. The first-order chi connectivity index (χ1) is 6.98. The molecule has 15 heavy (non-hydrogen) atoms. The summed E-state index contributed by atoms with van der Waals surface area (Å²) < 4.78 is 25.2.